The molecule has 2 unspecified atom stereocenters. The van der Waals surface area contributed by atoms with Gasteiger partial charge in [0.25, 0.3) is 0 Å². The van der Waals surface area contributed by atoms with Gasteiger partial charge in [-0.05, 0) is 38.1 Å². The maximum absolute atomic E-state index is 5.93. The van der Waals surface area contributed by atoms with Crippen LogP contribution in [0, 0.1) is 5.92 Å². The van der Waals surface area contributed by atoms with E-state index < -0.39 is 0 Å². The van der Waals surface area contributed by atoms with Crippen molar-refractivity contribution in [3.8, 4) is 0 Å². The standard InChI is InChI=1S/C14H25N3S/c1-3-5-14-16-12(10-18-14)9-17-7-4-6-11(2)13(17)8-15/h10-11,13H,3-9,15H2,1-2H3. The van der Waals surface area contributed by atoms with Crippen molar-refractivity contribution in [2.75, 3.05) is 13.1 Å². The first-order valence-corrected chi connectivity index (χ1v) is 8.00. The summed E-state index contributed by atoms with van der Waals surface area (Å²) in [5, 5.41) is 3.50. The van der Waals surface area contributed by atoms with Crippen LogP contribution in [-0.4, -0.2) is 29.0 Å². The van der Waals surface area contributed by atoms with E-state index in [9.17, 15) is 0 Å². The van der Waals surface area contributed by atoms with Gasteiger partial charge < -0.3 is 5.73 Å². The molecule has 0 aliphatic carbocycles. The molecule has 0 aromatic carbocycles. The predicted molar refractivity (Wildman–Crippen MR) is 77.8 cm³/mol. The van der Waals surface area contributed by atoms with E-state index in [1.54, 1.807) is 11.3 Å². The maximum Gasteiger partial charge on any atom is 0.0928 e. The molecule has 2 rings (SSSR count). The molecule has 18 heavy (non-hydrogen) atoms. The third kappa shape index (κ3) is 3.31. The molecule has 1 aliphatic rings. The number of nitrogens with zero attached hydrogens (tertiary/aromatic N) is 2. The van der Waals surface area contributed by atoms with Crippen LogP contribution in [0.15, 0.2) is 5.38 Å². The summed E-state index contributed by atoms with van der Waals surface area (Å²) in [7, 11) is 0. The quantitative estimate of drug-likeness (QED) is 0.892. The molecular formula is C14H25N3S. The lowest BCUT2D eigenvalue weighted by Crippen LogP contribution is -2.48. The van der Waals surface area contributed by atoms with E-state index >= 15 is 0 Å². The molecule has 1 saturated heterocycles. The van der Waals surface area contributed by atoms with Gasteiger partial charge >= 0.3 is 0 Å². The van der Waals surface area contributed by atoms with Crippen LogP contribution >= 0.6 is 11.3 Å². The van der Waals surface area contributed by atoms with Crippen LogP contribution in [0.25, 0.3) is 0 Å². The summed E-state index contributed by atoms with van der Waals surface area (Å²) >= 11 is 1.80. The van der Waals surface area contributed by atoms with Gasteiger partial charge in [0.15, 0.2) is 0 Å². The molecule has 2 N–H and O–H groups in total. The lowest BCUT2D eigenvalue weighted by Gasteiger charge is -2.39. The third-order valence-corrected chi connectivity index (χ3v) is 4.86. The molecule has 1 fully saturated rings. The van der Waals surface area contributed by atoms with Crippen LogP contribution in [0.1, 0.15) is 43.8 Å². The summed E-state index contributed by atoms with van der Waals surface area (Å²) in [4.78, 5) is 7.25. The summed E-state index contributed by atoms with van der Waals surface area (Å²) in [6, 6.07) is 0.537. The number of aromatic nitrogens is 1. The van der Waals surface area contributed by atoms with Gasteiger partial charge in [0.1, 0.15) is 0 Å². The van der Waals surface area contributed by atoms with Gasteiger partial charge in [0.2, 0.25) is 0 Å². The lowest BCUT2D eigenvalue weighted by atomic mass is 9.91. The number of hydrogen-bond donors (Lipinski definition) is 1. The zero-order valence-electron chi connectivity index (χ0n) is 11.6. The minimum atomic E-state index is 0.537. The van der Waals surface area contributed by atoms with Crippen LogP contribution in [0.5, 0.6) is 0 Å². The second-order valence-corrected chi connectivity index (χ2v) is 6.32. The number of rotatable bonds is 5. The van der Waals surface area contributed by atoms with Crippen molar-refractivity contribution in [1.29, 1.82) is 0 Å². The lowest BCUT2D eigenvalue weighted by molar-refractivity contribution is 0.0979. The van der Waals surface area contributed by atoms with Crippen LogP contribution < -0.4 is 5.73 Å². The van der Waals surface area contributed by atoms with E-state index in [1.165, 1.54) is 36.5 Å². The van der Waals surface area contributed by atoms with Crippen molar-refractivity contribution in [1.82, 2.24) is 9.88 Å². The van der Waals surface area contributed by atoms with Gasteiger partial charge in [0.05, 0.1) is 10.7 Å². The largest absolute Gasteiger partial charge is 0.329 e. The molecule has 0 amide bonds. The highest BCUT2D eigenvalue weighted by molar-refractivity contribution is 7.09. The van der Waals surface area contributed by atoms with E-state index in [1.807, 2.05) is 0 Å². The highest BCUT2D eigenvalue weighted by Gasteiger charge is 2.27. The average Bonchev–Trinajstić information content (AvgIpc) is 2.77. The SMILES string of the molecule is CCCc1nc(CN2CCCC(C)C2CN)cs1. The molecule has 1 aliphatic heterocycles. The fourth-order valence-electron chi connectivity index (χ4n) is 2.87. The van der Waals surface area contributed by atoms with Crippen LogP contribution in [0.4, 0.5) is 0 Å². The number of aryl methyl sites for hydroxylation is 1. The maximum atomic E-state index is 5.93. The summed E-state index contributed by atoms with van der Waals surface area (Å²) < 4.78 is 0. The monoisotopic (exact) mass is 267 g/mol. The topological polar surface area (TPSA) is 42.2 Å². The molecule has 1 aromatic rings. The van der Waals surface area contributed by atoms with Crippen LogP contribution in [-0.2, 0) is 13.0 Å². The van der Waals surface area contributed by atoms with Crippen molar-refractivity contribution < 1.29 is 0 Å². The molecule has 2 heterocycles. The molecule has 102 valence electrons. The van der Waals surface area contributed by atoms with Gasteiger partial charge in [-0.2, -0.15) is 0 Å². The molecule has 2 atom stereocenters. The van der Waals surface area contributed by atoms with Crippen LogP contribution in [0.3, 0.4) is 0 Å². The Morgan fingerprint density at radius 3 is 3.11 bits per heavy atom. The number of piperidine rings is 1. The van der Waals surface area contributed by atoms with E-state index in [0.717, 1.165) is 25.4 Å². The molecule has 0 spiro atoms. The summed E-state index contributed by atoms with van der Waals surface area (Å²) in [5.41, 5.74) is 7.16. The summed E-state index contributed by atoms with van der Waals surface area (Å²) in [6.07, 6.45) is 4.90. The first-order chi connectivity index (χ1) is 8.74. The number of hydrogen-bond acceptors (Lipinski definition) is 4. The molecule has 1 aromatic heterocycles. The Hall–Kier alpha value is -0.450. The Labute approximate surface area is 114 Å². The Morgan fingerprint density at radius 2 is 2.39 bits per heavy atom. The molecule has 0 saturated carbocycles. The second kappa shape index (κ2) is 6.64. The number of thiazole rings is 1. The van der Waals surface area contributed by atoms with Gasteiger partial charge in [-0.15, -0.1) is 11.3 Å². The van der Waals surface area contributed by atoms with Crippen molar-refractivity contribution in [2.24, 2.45) is 11.7 Å². The molecule has 4 heteroatoms. The Kier molecular flexibility index (Phi) is 5.15. The Bertz CT molecular complexity index is 364. The highest BCUT2D eigenvalue weighted by Crippen LogP contribution is 2.24. The van der Waals surface area contributed by atoms with Gasteiger partial charge in [-0.25, -0.2) is 4.98 Å². The second-order valence-electron chi connectivity index (χ2n) is 5.38. The van der Waals surface area contributed by atoms with Gasteiger partial charge in [-0.3, -0.25) is 4.90 Å². The fourth-order valence-corrected chi connectivity index (χ4v) is 3.76. The number of likely N-dealkylation sites (tertiary alicyclic amines) is 1. The van der Waals surface area contributed by atoms with Gasteiger partial charge in [-0.1, -0.05) is 13.8 Å². The van der Waals surface area contributed by atoms with Crippen LogP contribution in [0.2, 0.25) is 0 Å². The Morgan fingerprint density at radius 1 is 1.56 bits per heavy atom. The average molecular weight is 267 g/mol. The van der Waals surface area contributed by atoms with E-state index in [-0.39, 0.29) is 0 Å². The first-order valence-electron chi connectivity index (χ1n) is 7.12. The molecular weight excluding hydrogens is 242 g/mol. The smallest absolute Gasteiger partial charge is 0.0928 e. The van der Waals surface area contributed by atoms with Crippen molar-refractivity contribution in [2.45, 2.75) is 52.1 Å². The minimum absolute atomic E-state index is 0.537. The zero-order valence-corrected chi connectivity index (χ0v) is 12.4. The minimum Gasteiger partial charge on any atom is -0.329 e. The molecule has 0 radical (unpaired) electrons. The van der Waals surface area contributed by atoms with Gasteiger partial charge in [0, 0.05) is 24.5 Å². The summed E-state index contributed by atoms with van der Waals surface area (Å²) in [6.45, 7) is 7.46. The fraction of sp³-hybridized carbons (Fsp3) is 0.786. The molecule has 3 nitrogen and oxygen atoms in total. The highest BCUT2D eigenvalue weighted by atomic mass is 32.1. The van der Waals surface area contributed by atoms with E-state index in [2.05, 4.69) is 24.1 Å². The van der Waals surface area contributed by atoms with E-state index in [0.29, 0.717) is 6.04 Å². The first kappa shape index (κ1) is 14.0. The number of nitrogens with two attached hydrogens (primary N) is 1. The summed E-state index contributed by atoms with van der Waals surface area (Å²) in [5.74, 6) is 0.720. The third-order valence-electron chi connectivity index (χ3n) is 3.90. The normalized spacial score (nSPS) is 25.5. The molecule has 0 bridgehead atoms. The Balaban J connectivity index is 1.97. The van der Waals surface area contributed by atoms with Crippen molar-refractivity contribution in [3.05, 3.63) is 16.1 Å². The zero-order chi connectivity index (χ0) is 13.0. The van der Waals surface area contributed by atoms with Crippen molar-refractivity contribution >= 4 is 11.3 Å². The predicted octanol–water partition coefficient (Wildman–Crippen LogP) is 2.65. The van der Waals surface area contributed by atoms with Crippen molar-refractivity contribution in [3.63, 3.8) is 0 Å². The van der Waals surface area contributed by atoms with E-state index in [4.69, 9.17) is 10.7 Å².